The first kappa shape index (κ1) is 77.3. The van der Waals surface area contributed by atoms with E-state index in [-0.39, 0.29) is 12.8 Å². The second-order valence-corrected chi connectivity index (χ2v) is 24.6. The molecule has 0 aromatic carbocycles. The van der Waals surface area contributed by atoms with Crippen LogP contribution in [0.4, 0.5) is 0 Å². The van der Waals surface area contributed by atoms with Crippen LogP contribution >= 0.6 is 0 Å². The predicted octanol–water partition coefficient (Wildman–Crippen LogP) is 16.6. The van der Waals surface area contributed by atoms with Gasteiger partial charge in [0.1, 0.15) is 36.6 Å². The predicted molar refractivity (Wildman–Crippen MR) is 339 cm³/mol. The molecule has 1 aliphatic heterocycles. The van der Waals surface area contributed by atoms with Gasteiger partial charge in [-0.05, 0) is 77.0 Å². The Hall–Kier alpha value is -1.67. The third-order valence-electron chi connectivity index (χ3n) is 16.9. The van der Waals surface area contributed by atoms with Gasteiger partial charge in [-0.15, -0.1) is 0 Å². The van der Waals surface area contributed by atoms with Crippen LogP contribution in [0.25, 0.3) is 0 Å². The third-order valence-corrected chi connectivity index (χ3v) is 16.9. The molecule has 0 aliphatic carbocycles. The molecule has 11 heteroatoms. The molecule has 478 valence electrons. The van der Waals surface area contributed by atoms with E-state index in [0.717, 1.165) is 44.9 Å². The Bertz CT molecular complexity index is 1410. The number of nitrogens with one attached hydrogen (secondary N) is 1. The van der Waals surface area contributed by atoms with Crippen molar-refractivity contribution in [1.29, 1.82) is 0 Å². The Morgan fingerprint density at radius 2 is 0.741 bits per heavy atom. The summed E-state index contributed by atoms with van der Waals surface area (Å²) in [5.74, 6) is -0.709. The largest absolute Gasteiger partial charge is 0.394 e. The lowest BCUT2D eigenvalue weighted by Crippen LogP contribution is -2.60. The minimum absolute atomic E-state index is 0.247. The molecule has 81 heavy (non-hydrogen) atoms. The fourth-order valence-corrected chi connectivity index (χ4v) is 11.3. The number of carbonyl (C=O) groups excluding carboxylic acids is 1. The molecule has 0 spiro atoms. The minimum Gasteiger partial charge on any atom is -0.394 e. The number of allylic oxidation sites excluding steroid dienone is 6. The van der Waals surface area contributed by atoms with Crippen LogP contribution in [0.15, 0.2) is 36.5 Å². The second-order valence-electron chi connectivity index (χ2n) is 24.6. The highest BCUT2D eigenvalue weighted by molar-refractivity contribution is 5.80. The molecule has 11 nitrogen and oxygen atoms in total. The van der Waals surface area contributed by atoms with Crippen LogP contribution in [-0.4, -0.2) is 110 Å². The van der Waals surface area contributed by atoms with Gasteiger partial charge in [-0.3, -0.25) is 4.79 Å². The normalized spacial score (nSPS) is 19.3. The highest BCUT2D eigenvalue weighted by Gasteiger charge is 2.44. The van der Waals surface area contributed by atoms with Crippen molar-refractivity contribution in [2.45, 2.75) is 390 Å². The van der Waals surface area contributed by atoms with E-state index >= 15 is 0 Å². The maximum Gasteiger partial charge on any atom is 0.249 e. The van der Waals surface area contributed by atoms with E-state index in [2.05, 4.69) is 55.6 Å². The monoisotopic (exact) mass is 1150 g/mol. The SMILES string of the molecule is CCCCCCCCCCCCCC/C=C\CCCCCCCCCCC(O)C(=O)NC(COC1OC(CO)C(O)C(O)C1O)C(O)C(O)CCC/C=C/CC/C=C/CCCCCCCCCCCCCCCCCCCCCCC. The molecular formula is C70H133NO10. The van der Waals surface area contributed by atoms with E-state index in [1.807, 2.05) is 0 Å². The first-order valence-corrected chi connectivity index (χ1v) is 34.9. The van der Waals surface area contributed by atoms with Crippen LogP contribution in [0.3, 0.4) is 0 Å². The van der Waals surface area contributed by atoms with Crippen molar-refractivity contribution in [3.63, 3.8) is 0 Å². The van der Waals surface area contributed by atoms with Gasteiger partial charge in [0, 0.05) is 0 Å². The van der Waals surface area contributed by atoms with E-state index in [0.29, 0.717) is 19.3 Å². The number of carbonyl (C=O) groups is 1. The fraction of sp³-hybridized carbons (Fsp3) is 0.900. The van der Waals surface area contributed by atoms with Crippen molar-refractivity contribution >= 4 is 5.91 Å². The fourth-order valence-electron chi connectivity index (χ4n) is 11.3. The van der Waals surface area contributed by atoms with Gasteiger partial charge in [-0.2, -0.15) is 0 Å². The lowest BCUT2D eigenvalue weighted by Gasteiger charge is -2.40. The Kier molecular flexibility index (Phi) is 56.0. The van der Waals surface area contributed by atoms with Crippen LogP contribution in [0.2, 0.25) is 0 Å². The summed E-state index contributed by atoms with van der Waals surface area (Å²) in [5.41, 5.74) is 0. The number of aliphatic hydroxyl groups is 7. The minimum atomic E-state index is -1.67. The van der Waals surface area contributed by atoms with Crippen LogP contribution in [-0.2, 0) is 14.3 Å². The Morgan fingerprint density at radius 3 is 1.10 bits per heavy atom. The second kappa shape index (κ2) is 58.7. The quantitative estimate of drug-likeness (QED) is 0.0215. The van der Waals surface area contributed by atoms with Gasteiger partial charge in [0.25, 0.3) is 0 Å². The number of hydrogen-bond donors (Lipinski definition) is 8. The lowest BCUT2D eigenvalue weighted by molar-refractivity contribution is -0.303. The lowest BCUT2D eigenvalue weighted by atomic mass is 9.98. The molecule has 1 rings (SSSR count). The van der Waals surface area contributed by atoms with Crippen molar-refractivity contribution < 1.29 is 50.0 Å². The van der Waals surface area contributed by atoms with E-state index in [1.165, 1.54) is 244 Å². The number of aliphatic hydroxyl groups excluding tert-OH is 7. The highest BCUT2D eigenvalue weighted by Crippen LogP contribution is 2.24. The summed E-state index contributed by atoms with van der Waals surface area (Å²) >= 11 is 0. The van der Waals surface area contributed by atoms with Crippen LogP contribution in [0.1, 0.15) is 335 Å². The molecule has 0 aromatic rings. The molecule has 8 N–H and O–H groups in total. The first-order valence-electron chi connectivity index (χ1n) is 34.9. The summed E-state index contributed by atoms with van der Waals surface area (Å²) in [6.45, 7) is 3.49. The zero-order valence-electron chi connectivity index (χ0n) is 52.8. The van der Waals surface area contributed by atoms with Gasteiger partial charge < -0.3 is 50.5 Å². The van der Waals surface area contributed by atoms with E-state index in [1.54, 1.807) is 0 Å². The molecular weight excluding hydrogens is 1010 g/mol. The highest BCUT2D eigenvalue weighted by atomic mass is 16.7. The van der Waals surface area contributed by atoms with Crippen LogP contribution in [0, 0.1) is 0 Å². The summed E-state index contributed by atoms with van der Waals surface area (Å²) in [6.07, 6.45) is 63.7. The van der Waals surface area contributed by atoms with Gasteiger partial charge in [-0.1, -0.05) is 294 Å². The Morgan fingerprint density at radius 1 is 0.420 bits per heavy atom. The number of amides is 1. The van der Waals surface area contributed by atoms with E-state index < -0.39 is 74.2 Å². The third kappa shape index (κ3) is 46.3. The van der Waals surface area contributed by atoms with Crippen molar-refractivity contribution in [1.82, 2.24) is 5.32 Å². The summed E-state index contributed by atoms with van der Waals surface area (Å²) in [5, 5.41) is 76.4. The number of unbranched alkanes of at least 4 members (excludes halogenated alkanes) is 43. The topological polar surface area (TPSA) is 189 Å². The summed E-state index contributed by atoms with van der Waals surface area (Å²) < 4.78 is 11.2. The van der Waals surface area contributed by atoms with Crippen molar-refractivity contribution in [3.8, 4) is 0 Å². The van der Waals surface area contributed by atoms with E-state index in [4.69, 9.17) is 9.47 Å². The Balaban J connectivity index is 2.24. The molecule has 1 heterocycles. The number of rotatable bonds is 61. The zero-order valence-corrected chi connectivity index (χ0v) is 52.8. The van der Waals surface area contributed by atoms with Crippen LogP contribution in [0.5, 0.6) is 0 Å². The number of hydrogen-bond acceptors (Lipinski definition) is 10. The zero-order chi connectivity index (χ0) is 58.9. The molecule has 1 fully saturated rings. The molecule has 1 aliphatic rings. The van der Waals surface area contributed by atoms with Gasteiger partial charge in [0.05, 0.1) is 25.4 Å². The van der Waals surface area contributed by atoms with Gasteiger partial charge in [-0.25, -0.2) is 0 Å². The standard InChI is InChI=1S/C70H133NO10/c1-3-5-7-9-11-13-15-17-19-21-23-25-27-29-30-31-32-33-34-36-37-39-41-43-45-47-49-51-53-55-57-62(73)65(75)61(60-80-70-68(78)67(77)66(76)64(59-72)81-70)71-69(79)63(74)58-56-54-52-50-48-46-44-42-40-38-35-28-26-24-22-20-18-16-14-12-10-8-6-4-2/h35,38,41,43,49,51,61-68,70,72-78H,3-34,36-37,39-40,42,44-48,50,52-60H2,1-2H3,(H,71,79)/b38-35-,43-41+,51-49+. The summed E-state index contributed by atoms with van der Waals surface area (Å²) in [7, 11) is 0. The van der Waals surface area contributed by atoms with Gasteiger partial charge in [0.2, 0.25) is 5.91 Å². The molecule has 1 saturated heterocycles. The molecule has 0 saturated carbocycles. The van der Waals surface area contributed by atoms with Crippen molar-refractivity contribution in [2.75, 3.05) is 13.2 Å². The molecule has 0 radical (unpaired) electrons. The number of ether oxygens (including phenoxy) is 2. The van der Waals surface area contributed by atoms with Crippen molar-refractivity contribution in [2.24, 2.45) is 0 Å². The average molecular weight is 1150 g/mol. The van der Waals surface area contributed by atoms with Crippen molar-refractivity contribution in [3.05, 3.63) is 36.5 Å². The van der Waals surface area contributed by atoms with Crippen LogP contribution < -0.4 is 5.32 Å². The van der Waals surface area contributed by atoms with Gasteiger partial charge >= 0.3 is 0 Å². The molecule has 1 amide bonds. The molecule has 0 aromatic heterocycles. The molecule has 0 bridgehead atoms. The molecule has 9 atom stereocenters. The average Bonchev–Trinajstić information content (AvgIpc) is 3.51. The maximum absolute atomic E-state index is 13.2. The summed E-state index contributed by atoms with van der Waals surface area (Å²) in [4.78, 5) is 13.2. The Labute approximate surface area is 498 Å². The molecule has 9 unspecified atom stereocenters. The smallest absolute Gasteiger partial charge is 0.249 e. The summed E-state index contributed by atoms with van der Waals surface area (Å²) in [6, 6.07) is -1.19. The first-order chi connectivity index (χ1) is 39.7. The van der Waals surface area contributed by atoms with E-state index in [9.17, 15) is 40.5 Å². The van der Waals surface area contributed by atoms with Gasteiger partial charge in [0.15, 0.2) is 6.29 Å². The maximum atomic E-state index is 13.2.